The predicted molar refractivity (Wildman–Crippen MR) is 91.0 cm³/mol. The number of carbonyl (C=O) groups is 2. The fraction of sp³-hybridized carbons (Fsp3) is 0.222. The third-order valence-electron chi connectivity index (χ3n) is 3.33. The van der Waals surface area contributed by atoms with Crippen molar-refractivity contribution in [2.24, 2.45) is 0 Å². The van der Waals surface area contributed by atoms with Gasteiger partial charge in [-0.25, -0.2) is 9.59 Å². The van der Waals surface area contributed by atoms with Gasteiger partial charge in [-0.1, -0.05) is 36.4 Å². The fourth-order valence-electron chi connectivity index (χ4n) is 2.08. The van der Waals surface area contributed by atoms with Crippen LogP contribution in [-0.4, -0.2) is 30.7 Å². The summed E-state index contributed by atoms with van der Waals surface area (Å²) in [6, 6.07) is 16.3. The quantitative estimate of drug-likeness (QED) is 0.904. The van der Waals surface area contributed by atoms with Crippen molar-refractivity contribution in [1.82, 2.24) is 4.90 Å². The van der Waals surface area contributed by atoms with E-state index in [-0.39, 0.29) is 0 Å². The second-order valence-electron chi connectivity index (χ2n) is 5.01. The molecule has 0 heterocycles. The molecule has 0 aliphatic rings. The molecule has 0 spiro atoms. The molecule has 6 heteroatoms. The lowest BCUT2D eigenvalue weighted by molar-refractivity contribution is 0.152. The highest BCUT2D eigenvalue weighted by atomic mass is 16.6. The van der Waals surface area contributed by atoms with Crippen molar-refractivity contribution in [2.45, 2.75) is 13.5 Å². The fourth-order valence-corrected chi connectivity index (χ4v) is 2.08. The SMILES string of the molecule is CCN(Cc1ccccc1)C(=O)Oc1cccc(NC(=O)OC)c1. The summed E-state index contributed by atoms with van der Waals surface area (Å²) in [5.41, 5.74) is 1.51. The topological polar surface area (TPSA) is 67.9 Å². The largest absolute Gasteiger partial charge is 0.453 e. The monoisotopic (exact) mass is 328 g/mol. The lowest BCUT2D eigenvalue weighted by Crippen LogP contribution is -2.32. The van der Waals surface area contributed by atoms with Crippen LogP contribution in [0.3, 0.4) is 0 Å². The number of hydrogen-bond donors (Lipinski definition) is 1. The van der Waals surface area contributed by atoms with E-state index in [2.05, 4.69) is 10.1 Å². The zero-order valence-electron chi connectivity index (χ0n) is 13.7. The van der Waals surface area contributed by atoms with Gasteiger partial charge in [0.1, 0.15) is 5.75 Å². The molecule has 1 N–H and O–H groups in total. The molecule has 2 amide bonds. The Kier molecular flexibility index (Phi) is 6.19. The van der Waals surface area contributed by atoms with Crippen molar-refractivity contribution >= 4 is 17.9 Å². The maximum Gasteiger partial charge on any atom is 0.415 e. The minimum atomic E-state index is -0.585. The van der Waals surface area contributed by atoms with Crippen LogP contribution >= 0.6 is 0 Å². The molecule has 2 aromatic carbocycles. The Labute approximate surface area is 141 Å². The molecule has 126 valence electrons. The second-order valence-corrected chi connectivity index (χ2v) is 5.01. The Hall–Kier alpha value is -3.02. The Balaban J connectivity index is 2.02. The molecule has 0 aliphatic heterocycles. The van der Waals surface area contributed by atoms with Gasteiger partial charge in [-0.05, 0) is 24.6 Å². The molecule has 24 heavy (non-hydrogen) atoms. The summed E-state index contributed by atoms with van der Waals surface area (Å²) in [5, 5.41) is 2.52. The van der Waals surface area contributed by atoms with E-state index >= 15 is 0 Å². The van der Waals surface area contributed by atoms with Gasteiger partial charge >= 0.3 is 12.2 Å². The first kappa shape index (κ1) is 17.3. The van der Waals surface area contributed by atoms with Crippen LogP contribution in [0.15, 0.2) is 54.6 Å². The summed E-state index contributed by atoms with van der Waals surface area (Å²) < 4.78 is 9.92. The van der Waals surface area contributed by atoms with Crippen LogP contribution in [0.5, 0.6) is 5.75 Å². The van der Waals surface area contributed by atoms with Crippen LogP contribution in [-0.2, 0) is 11.3 Å². The van der Waals surface area contributed by atoms with Gasteiger partial charge in [0.05, 0.1) is 7.11 Å². The Morgan fingerprint density at radius 1 is 1.08 bits per heavy atom. The highest BCUT2D eigenvalue weighted by Crippen LogP contribution is 2.19. The summed E-state index contributed by atoms with van der Waals surface area (Å²) in [5.74, 6) is 0.348. The lowest BCUT2D eigenvalue weighted by atomic mass is 10.2. The zero-order chi connectivity index (χ0) is 17.4. The normalized spacial score (nSPS) is 9.92. The summed E-state index contributed by atoms with van der Waals surface area (Å²) in [6.45, 7) is 2.88. The van der Waals surface area contributed by atoms with Crippen molar-refractivity contribution < 1.29 is 19.1 Å². The summed E-state index contributed by atoms with van der Waals surface area (Å²) >= 11 is 0. The van der Waals surface area contributed by atoms with Crippen molar-refractivity contribution in [3.05, 3.63) is 60.2 Å². The van der Waals surface area contributed by atoms with E-state index in [1.54, 1.807) is 29.2 Å². The van der Waals surface area contributed by atoms with Gasteiger partial charge in [0, 0.05) is 24.8 Å². The van der Waals surface area contributed by atoms with Gasteiger partial charge in [0.15, 0.2) is 0 Å². The highest BCUT2D eigenvalue weighted by Gasteiger charge is 2.15. The van der Waals surface area contributed by atoms with Gasteiger partial charge in [0.2, 0.25) is 0 Å². The minimum absolute atomic E-state index is 0.348. The number of benzene rings is 2. The van der Waals surface area contributed by atoms with Gasteiger partial charge in [-0.3, -0.25) is 5.32 Å². The van der Waals surface area contributed by atoms with Gasteiger partial charge in [-0.2, -0.15) is 0 Å². The number of ether oxygens (including phenoxy) is 2. The zero-order valence-corrected chi connectivity index (χ0v) is 13.7. The number of methoxy groups -OCH3 is 1. The number of hydrogen-bond acceptors (Lipinski definition) is 4. The average molecular weight is 328 g/mol. The van der Waals surface area contributed by atoms with Gasteiger partial charge in [0.25, 0.3) is 0 Å². The smallest absolute Gasteiger partial charge is 0.415 e. The van der Waals surface area contributed by atoms with Crippen LogP contribution in [0.1, 0.15) is 12.5 Å². The number of nitrogens with one attached hydrogen (secondary N) is 1. The van der Waals surface area contributed by atoms with Crippen molar-refractivity contribution in [1.29, 1.82) is 0 Å². The third kappa shape index (κ3) is 5.01. The standard InChI is InChI=1S/C18H20N2O4/c1-3-20(13-14-8-5-4-6-9-14)18(22)24-16-11-7-10-15(12-16)19-17(21)23-2/h4-12H,3,13H2,1-2H3,(H,19,21). The molecule has 0 bridgehead atoms. The molecule has 0 fully saturated rings. The van der Waals surface area contributed by atoms with Crippen LogP contribution in [0.25, 0.3) is 0 Å². The van der Waals surface area contributed by atoms with Gasteiger partial charge in [-0.15, -0.1) is 0 Å². The van der Waals surface area contributed by atoms with Crippen molar-refractivity contribution in [3.8, 4) is 5.75 Å². The Bertz CT molecular complexity index is 688. The Morgan fingerprint density at radius 3 is 2.50 bits per heavy atom. The van der Waals surface area contributed by atoms with Crippen molar-refractivity contribution in [3.63, 3.8) is 0 Å². The molecule has 6 nitrogen and oxygen atoms in total. The third-order valence-corrected chi connectivity index (χ3v) is 3.33. The maximum absolute atomic E-state index is 12.3. The first-order valence-electron chi connectivity index (χ1n) is 7.58. The van der Waals surface area contributed by atoms with Crippen LogP contribution in [0.4, 0.5) is 15.3 Å². The number of rotatable bonds is 5. The van der Waals surface area contributed by atoms with Crippen LogP contribution < -0.4 is 10.1 Å². The molecule has 0 saturated carbocycles. The Morgan fingerprint density at radius 2 is 1.83 bits per heavy atom. The molecule has 0 aromatic heterocycles. The minimum Gasteiger partial charge on any atom is -0.453 e. The highest BCUT2D eigenvalue weighted by molar-refractivity contribution is 5.84. The second kappa shape index (κ2) is 8.57. The molecular formula is C18H20N2O4. The summed E-state index contributed by atoms with van der Waals surface area (Å²) in [6.07, 6.45) is -1.03. The van der Waals surface area contributed by atoms with E-state index in [1.807, 2.05) is 37.3 Å². The van der Waals surface area contributed by atoms with E-state index < -0.39 is 12.2 Å². The summed E-state index contributed by atoms with van der Waals surface area (Å²) in [7, 11) is 1.28. The molecular weight excluding hydrogens is 308 g/mol. The number of anilines is 1. The number of amides is 2. The summed E-state index contributed by atoms with van der Waals surface area (Å²) in [4.78, 5) is 25.1. The number of carbonyl (C=O) groups excluding carboxylic acids is 2. The first-order valence-corrected chi connectivity index (χ1v) is 7.58. The van der Waals surface area contributed by atoms with E-state index in [0.29, 0.717) is 24.5 Å². The van der Waals surface area contributed by atoms with E-state index in [0.717, 1.165) is 5.56 Å². The van der Waals surface area contributed by atoms with E-state index in [9.17, 15) is 9.59 Å². The van der Waals surface area contributed by atoms with E-state index in [1.165, 1.54) is 7.11 Å². The van der Waals surface area contributed by atoms with Crippen LogP contribution in [0, 0.1) is 0 Å². The van der Waals surface area contributed by atoms with Crippen LogP contribution in [0.2, 0.25) is 0 Å². The maximum atomic E-state index is 12.3. The lowest BCUT2D eigenvalue weighted by Gasteiger charge is -2.20. The number of nitrogens with zero attached hydrogens (tertiary/aromatic N) is 1. The molecule has 0 aliphatic carbocycles. The van der Waals surface area contributed by atoms with E-state index in [4.69, 9.17) is 4.74 Å². The average Bonchev–Trinajstić information content (AvgIpc) is 2.60. The molecule has 2 aromatic rings. The molecule has 0 atom stereocenters. The molecule has 2 rings (SSSR count). The van der Waals surface area contributed by atoms with Crippen molar-refractivity contribution in [2.75, 3.05) is 19.0 Å². The predicted octanol–water partition coefficient (Wildman–Crippen LogP) is 3.89. The van der Waals surface area contributed by atoms with Gasteiger partial charge < -0.3 is 14.4 Å². The first-order chi connectivity index (χ1) is 11.6. The molecule has 0 saturated heterocycles. The molecule has 0 radical (unpaired) electrons. The molecule has 0 unspecified atom stereocenters.